The van der Waals surface area contributed by atoms with Gasteiger partial charge in [0.15, 0.2) is 0 Å². The third kappa shape index (κ3) is 3.16. The van der Waals surface area contributed by atoms with E-state index in [1.165, 1.54) is 16.0 Å². The number of hydrogen-bond acceptors (Lipinski definition) is 5. The van der Waals surface area contributed by atoms with Crippen molar-refractivity contribution in [2.24, 2.45) is 0 Å². The Morgan fingerprint density at radius 2 is 2.05 bits per heavy atom. The van der Waals surface area contributed by atoms with Crippen molar-refractivity contribution in [3.63, 3.8) is 0 Å². The average molecular weight is 290 g/mol. The molecule has 0 fully saturated rings. The minimum Gasteiger partial charge on any atom is -0.354 e. The summed E-state index contributed by atoms with van der Waals surface area (Å²) >= 11 is 1.70. The van der Waals surface area contributed by atoms with Crippen LogP contribution < -0.4 is 10.2 Å². The molecule has 0 spiro atoms. The van der Waals surface area contributed by atoms with Crippen molar-refractivity contribution < 1.29 is 0 Å². The quantitative estimate of drug-likeness (QED) is 0.919. The molecule has 0 radical (unpaired) electrons. The monoisotopic (exact) mass is 290 g/mol. The lowest BCUT2D eigenvalue weighted by molar-refractivity contribution is 0.787. The van der Waals surface area contributed by atoms with E-state index >= 15 is 0 Å². The van der Waals surface area contributed by atoms with Crippen molar-refractivity contribution in [2.75, 3.05) is 19.0 Å². The highest BCUT2D eigenvalue weighted by atomic mass is 32.1. The van der Waals surface area contributed by atoms with E-state index in [2.05, 4.69) is 42.2 Å². The van der Waals surface area contributed by atoms with Crippen LogP contribution in [0.1, 0.15) is 27.4 Å². The van der Waals surface area contributed by atoms with Gasteiger partial charge in [-0.1, -0.05) is 0 Å². The molecule has 0 aromatic carbocycles. The minimum absolute atomic E-state index is 0.834. The third-order valence-corrected chi connectivity index (χ3v) is 4.31. The lowest BCUT2D eigenvalue weighted by atomic mass is 10.1. The molecule has 20 heavy (non-hydrogen) atoms. The zero-order valence-electron chi connectivity index (χ0n) is 12.8. The molecule has 2 aromatic heterocycles. The van der Waals surface area contributed by atoms with Crippen LogP contribution in [0, 0.1) is 20.8 Å². The van der Waals surface area contributed by atoms with Crippen LogP contribution in [-0.4, -0.2) is 24.1 Å². The summed E-state index contributed by atoms with van der Waals surface area (Å²) in [6, 6.07) is 2.14. The first-order valence-electron chi connectivity index (χ1n) is 6.74. The van der Waals surface area contributed by atoms with Crippen molar-refractivity contribution in [3.05, 3.63) is 39.0 Å². The molecule has 2 rings (SSSR count). The van der Waals surface area contributed by atoms with Gasteiger partial charge in [-0.05, 0) is 39.4 Å². The van der Waals surface area contributed by atoms with E-state index in [0.29, 0.717) is 0 Å². The zero-order chi connectivity index (χ0) is 14.7. The second-order valence-electron chi connectivity index (χ2n) is 5.13. The standard InChI is InChI=1S/C15H22N4S/c1-10-6-11(2)18-15(13(10)7-16-4)19(5)8-14-12(3)17-9-20-14/h6,9,16H,7-8H2,1-5H3. The fourth-order valence-electron chi connectivity index (χ4n) is 2.32. The van der Waals surface area contributed by atoms with Crippen LogP contribution in [0.25, 0.3) is 0 Å². The van der Waals surface area contributed by atoms with Crippen molar-refractivity contribution in [1.29, 1.82) is 0 Å². The molecule has 0 saturated carbocycles. The fourth-order valence-corrected chi connectivity index (χ4v) is 3.15. The molecule has 108 valence electrons. The first-order chi connectivity index (χ1) is 9.52. The summed E-state index contributed by atoms with van der Waals surface area (Å²) in [7, 11) is 4.07. The number of aryl methyl sites for hydroxylation is 3. The molecule has 0 unspecified atom stereocenters. The highest BCUT2D eigenvalue weighted by molar-refractivity contribution is 7.09. The SMILES string of the molecule is CNCc1c(C)cc(C)nc1N(C)Cc1scnc1C. The predicted molar refractivity (Wildman–Crippen MR) is 85.4 cm³/mol. The van der Waals surface area contributed by atoms with Crippen molar-refractivity contribution >= 4 is 17.2 Å². The summed E-state index contributed by atoms with van der Waals surface area (Å²) in [4.78, 5) is 12.6. The molecule has 0 aliphatic carbocycles. The number of nitrogens with one attached hydrogen (secondary N) is 1. The molecule has 0 amide bonds. The van der Waals surface area contributed by atoms with Gasteiger partial charge in [0, 0.05) is 29.7 Å². The predicted octanol–water partition coefficient (Wildman–Crippen LogP) is 2.82. The largest absolute Gasteiger partial charge is 0.354 e. The van der Waals surface area contributed by atoms with E-state index in [4.69, 9.17) is 4.98 Å². The molecule has 1 N–H and O–H groups in total. The lowest BCUT2D eigenvalue weighted by Gasteiger charge is -2.23. The fraction of sp³-hybridized carbons (Fsp3) is 0.467. The molecule has 0 saturated heterocycles. The summed E-state index contributed by atoms with van der Waals surface area (Å²) in [5.74, 6) is 1.06. The normalized spacial score (nSPS) is 10.8. The third-order valence-electron chi connectivity index (χ3n) is 3.39. The van der Waals surface area contributed by atoms with E-state index in [-0.39, 0.29) is 0 Å². The maximum Gasteiger partial charge on any atom is 0.133 e. The number of hydrogen-bond donors (Lipinski definition) is 1. The number of nitrogens with zero attached hydrogens (tertiary/aromatic N) is 3. The Morgan fingerprint density at radius 1 is 1.30 bits per heavy atom. The maximum absolute atomic E-state index is 4.73. The van der Waals surface area contributed by atoms with Crippen molar-refractivity contribution in [1.82, 2.24) is 15.3 Å². The summed E-state index contributed by atoms with van der Waals surface area (Å²) in [5, 5.41) is 3.23. The van der Waals surface area contributed by atoms with Crippen LogP contribution in [0.5, 0.6) is 0 Å². The van der Waals surface area contributed by atoms with Crippen LogP contribution in [0.15, 0.2) is 11.6 Å². The smallest absolute Gasteiger partial charge is 0.133 e. The van der Waals surface area contributed by atoms with Gasteiger partial charge < -0.3 is 10.2 Å². The van der Waals surface area contributed by atoms with Gasteiger partial charge in [-0.2, -0.15) is 0 Å². The number of anilines is 1. The van der Waals surface area contributed by atoms with Gasteiger partial charge >= 0.3 is 0 Å². The number of rotatable bonds is 5. The molecule has 0 atom stereocenters. The zero-order valence-corrected chi connectivity index (χ0v) is 13.6. The highest BCUT2D eigenvalue weighted by Gasteiger charge is 2.14. The van der Waals surface area contributed by atoms with Crippen LogP contribution in [-0.2, 0) is 13.1 Å². The molecule has 2 aromatic rings. The number of aromatic nitrogens is 2. The van der Waals surface area contributed by atoms with E-state index < -0.39 is 0 Å². The Labute approximate surface area is 124 Å². The Bertz CT molecular complexity index is 592. The summed E-state index contributed by atoms with van der Waals surface area (Å²) in [5.41, 5.74) is 6.63. The number of pyridine rings is 1. The topological polar surface area (TPSA) is 41.1 Å². The van der Waals surface area contributed by atoms with E-state index in [1.807, 2.05) is 19.5 Å². The molecular weight excluding hydrogens is 268 g/mol. The minimum atomic E-state index is 0.834. The second-order valence-corrected chi connectivity index (χ2v) is 6.07. The van der Waals surface area contributed by atoms with E-state index in [9.17, 15) is 0 Å². The molecule has 2 heterocycles. The molecular formula is C15H22N4S. The first-order valence-corrected chi connectivity index (χ1v) is 7.62. The van der Waals surface area contributed by atoms with Crippen molar-refractivity contribution in [3.8, 4) is 0 Å². The molecule has 5 heteroatoms. The molecule has 4 nitrogen and oxygen atoms in total. The van der Waals surface area contributed by atoms with Crippen LogP contribution in [0.2, 0.25) is 0 Å². The Balaban J connectivity index is 2.33. The van der Waals surface area contributed by atoms with Gasteiger partial charge in [0.2, 0.25) is 0 Å². The van der Waals surface area contributed by atoms with Gasteiger partial charge in [0.1, 0.15) is 5.82 Å². The van der Waals surface area contributed by atoms with E-state index in [1.54, 1.807) is 11.3 Å². The Hall–Kier alpha value is -1.46. The first kappa shape index (κ1) is 14.9. The average Bonchev–Trinajstić information content (AvgIpc) is 2.78. The summed E-state index contributed by atoms with van der Waals surface area (Å²) < 4.78 is 0. The highest BCUT2D eigenvalue weighted by Crippen LogP contribution is 2.24. The van der Waals surface area contributed by atoms with Crippen LogP contribution in [0.3, 0.4) is 0 Å². The lowest BCUT2D eigenvalue weighted by Crippen LogP contribution is -2.22. The van der Waals surface area contributed by atoms with Gasteiger partial charge in [-0.15, -0.1) is 11.3 Å². The van der Waals surface area contributed by atoms with Gasteiger partial charge in [0.25, 0.3) is 0 Å². The van der Waals surface area contributed by atoms with E-state index in [0.717, 1.165) is 30.3 Å². The van der Waals surface area contributed by atoms with Gasteiger partial charge in [0.05, 0.1) is 17.7 Å². The molecule has 0 bridgehead atoms. The van der Waals surface area contributed by atoms with Crippen LogP contribution >= 0.6 is 11.3 Å². The summed E-state index contributed by atoms with van der Waals surface area (Å²) in [6.45, 7) is 7.94. The Morgan fingerprint density at radius 3 is 2.65 bits per heavy atom. The Kier molecular flexibility index (Phi) is 4.73. The maximum atomic E-state index is 4.73. The molecule has 0 aliphatic rings. The van der Waals surface area contributed by atoms with Crippen molar-refractivity contribution in [2.45, 2.75) is 33.9 Å². The molecule has 0 aliphatic heterocycles. The second kappa shape index (κ2) is 6.33. The summed E-state index contributed by atoms with van der Waals surface area (Å²) in [6.07, 6.45) is 0. The van der Waals surface area contributed by atoms with Crippen LogP contribution in [0.4, 0.5) is 5.82 Å². The van der Waals surface area contributed by atoms with Gasteiger partial charge in [-0.3, -0.25) is 0 Å². The van der Waals surface area contributed by atoms with Gasteiger partial charge in [-0.25, -0.2) is 9.97 Å². The number of thiazole rings is 1.